The molecule has 0 spiro atoms. The summed E-state index contributed by atoms with van der Waals surface area (Å²) in [7, 11) is 1.98. The minimum absolute atomic E-state index is 0.172. The van der Waals surface area contributed by atoms with Crippen LogP contribution in [-0.2, 0) is 11.3 Å². The second kappa shape index (κ2) is 8.74. The average molecular weight is 346 g/mol. The van der Waals surface area contributed by atoms with Crippen LogP contribution >= 0.6 is 0 Å². The maximum atomic E-state index is 12.5. The van der Waals surface area contributed by atoms with Gasteiger partial charge in [-0.1, -0.05) is 6.07 Å². The van der Waals surface area contributed by atoms with Crippen molar-refractivity contribution >= 4 is 5.91 Å². The fourth-order valence-electron chi connectivity index (χ4n) is 3.99. The van der Waals surface area contributed by atoms with Crippen LogP contribution in [0, 0.1) is 0 Å². The average Bonchev–Trinajstić information content (AvgIpc) is 2.62. The predicted molar refractivity (Wildman–Crippen MR) is 97.0 cm³/mol. The van der Waals surface area contributed by atoms with Crippen LogP contribution in [0.15, 0.2) is 24.5 Å². The third kappa shape index (κ3) is 5.23. The van der Waals surface area contributed by atoms with Gasteiger partial charge < -0.3 is 10.0 Å². The third-order valence-corrected chi connectivity index (χ3v) is 5.34. The number of piperidine rings is 2. The highest BCUT2D eigenvalue weighted by atomic mass is 16.3. The van der Waals surface area contributed by atoms with Crippen molar-refractivity contribution in [2.75, 3.05) is 39.8 Å². The van der Waals surface area contributed by atoms with E-state index in [1.165, 1.54) is 0 Å². The van der Waals surface area contributed by atoms with E-state index in [2.05, 4.69) is 9.88 Å². The lowest BCUT2D eigenvalue weighted by molar-refractivity contribution is -0.134. The van der Waals surface area contributed by atoms with E-state index in [1.54, 1.807) is 6.20 Å². The second-order valence-electron chi connectivity index (χ2n) is 7.44. The van der Waals surface area contributed by atoms with Crippen molar-refractivity contribution in [1.82, 2.24) is 19.7 Å². The van der Waals surface area contributed by atoms with Crippen molar-refractivity contribution in [3.8, 4) is 0 Å². The first-order chi connectivity index (χ1) is 12.1. The summed E-state index contributed by atoms with van der Waals surface area (Å²) in [6.45, 7) is 4.73. The lowest BCUT2D eigenvalue weighted by Gasteiger charge is -2.41. The number of aliphatic hydroxyl groups is 1. The molecule has 1 unspecified atom stereocenters. The van der Waals surface area contributed by atoms with Crippen molar-refractivity contribution in [3.05, 3.63) is 30.1 Å². The van der Waals surface area contributed by atoms with Gasteiger partial charge in [-0.05, 0) is 50.9 Å². The highest BCUT2D eigenvalue weighted by Crippen LogP contribution is 2.21. The molecule has 0 radical (unpaired) electrons. The number of aromatic nitrogens is 1. The summed E-state index contributed by atoms with van der Waals surface area (Å²) in [5.41, 5.74) is 1.13. The molecule has 3 rings (SSSR count). The Kier molecular flexibility index (Phi) is 6.39. The SMILES string of the molecule is CN(CC(=O)N1CCC(N2CCCC(O)C2)CC1)Cc1cccnc1. The van der Waals surface area contributed by atoms with Crippen molar-refractivity contribution in [2.24, 2.45) is 0 Å². The normalized spacial score (nSPS) is 23.2. The summed E-state index contributed by atoms with van der Waals surface area (Å²) in [6.07, 6.45) is 7.49. The molecule has 1 atom stereocenters. The molecule has 0 bridgehead atoms. The number of aliphatic hydroxyl groups excluding tert-OH is 1. The van der Waals surface area contributed by atoms with Gasteiger partial charge in [0.2, 0.25) is 5.91 Å². The number of β-amino-alcohol motifs (C(OH)–C–C–N with tert-alkyl or cyclic N) is 1. The van der Waals surface area contributed by atoms with E-state index in [9.17, 15) is 9.90 Å². The second-order valence-corrected chi connectivity index (χ2v) is 7.44. The first kappa shape index (κ1) is 18.3. The Morgan fingerprint density at radius 1 is 1.32 bits per heavy atom. The highest BCUT2D eigenvalue weighted by Gasteiger charge is 2.29. The van der Waals surface area contributed by atoms with Crippen LogP contribution in [0.25, 0.3) is 0 Å². The summed E-state index contributed by atoms with van der Waals surface area (Å²) >= 11 is 0. The zero-order chi connectivity index (χ0) is 17.6. The summed E-state index contributed by atoms with van der Waals surface area (Å²) < 4.78 is 0. The Bertz CT molecular complexity index is 546. The van der Waals surface area contributed by atoms with Gasteiger partial charge >= 0.3 is 0 Å². The van der Waals surface area contributed by atoms with E-state index in [4.69, 9.17) is 0 Å². The number of hydrogen-bond acceptors (Lipinski definition) is 5. The predicted octanol–water partition coefficient (Wildman–Crippen LogP) is 0.961. The fourth-order valence-corrected chi connectivity index (χ4v) is 3.99. The number of likely N-dealkylation sites (tertiary alicyclic amines) is 2. The molecule has 1 amide bonds. The Balaban J connectivity index is 1.42. The standard InChI is InChI=1S/C19H30N4O2/c1-21(13-16-4-2-8-20-12-16)15-19(25)22-10-6-17(7-11-22)23-9-3-5-18(24)14-23/h2,4,8,12,17-18,24H,3,5-7,9-11,13-15H2,1H3. The molecule has 2 saturated heterocycles. The Labute approximate surface area is 150 Å². The number of hydrogen-bond donors (Lipinski definition) is 1. The molecule has 6 nitrogen and oxygen atoms in total. The van der Waals surface area contributed by atoms with Crippen molar-refractivity contribution in [1.29, 1.82) is 0 Å². The molecule has 1 N–H and O–H groups in total. The lowest BCUT2D eigenvalue weighted by Crippen LogP contribution is -2.51. The molecule has 1 aromatic rings. The maximum Gasteiger partial charge on any atom is 0.236 e. The van der Waals surface area contributed by atoms with E-state index in [-0.39, 0.29) is 12.0 Å². The number of amides is 1. The van der Waals surface area contributed by atoms with Crippen molar-refractivity contribution in [2.45, 2.75) is 44.4 Å². The van der Waals surface area contributed by atoms with Crippen LogP contribution in [0.1, 0.15) is 31.2 Å². The number of carbonyl (C=O) groups is 1. The molecule has 0 saturated carbocycles. The molecule has 6 heteroatoms. The minimum atomic E-state index is -0.172. The van der Waals surface area contributed by atoms with Gasteiger partial charge in [-0.15, -0.1) is 0 Å². The molecular weight excluding hydrogens is 316 g/mol. The summed E-state index contributed by atoms with van der Waals surface area (Å²) in [4.78, 5) is 23.1. The first-order valence-corrected chi connectivity index (χ1v) is 9.39. The monoisotopic (exact) mass is 346 g/mol. The number of rotatable bonds is 5. The fraction of sp³-hybridized carbons (Fsp3) is 0.684. The van der Waals surface area contributed by atoms with Crippen LogP contribution in [0.2, 0.25) is 0 Å². The molecule has 2 aliphatic heterocycles. The Morgan fingerprint density at radius 3 is 2.80 bits per heavy atom. The zero-order valence-electron chi connectivity index (χ0n) is 15.2. The summed E-state index contributed by atoms with van der Waals surface area (Å²) in [5, 5.41) is 9.85. The van der Waals surface area contributed by atoms with E-state index >= 15 is 0 Å². The molecule has 25 heavy (non-hydrogen) atoms. The van der Waals surface area contributed by atoms with Gasteiger partial charge in [0.05, 0.1) is 12.6 Å². The smallest absolute Gasteiger partial charge is 0.236 e. The first-order valence-electron chi connectivity index (χ1n) is 9.39. The number of pyridine rings is 1. The van der Waals surface area contributed by atoms with Crippen molar-refractivity contribution < 1.29 is 9.90 Å². The van der Waals surface area contributed by atoms with E-state index in [1.807, 2.05) is 35.2 Å². The number of carbonyl (C=O) groups excluding carboxylic acids is 1. The minimum Gasteiger partial charge on any atom is -0.392 e. The van der Waals surface area contributed by atoms with Crippen molar-refractivity contribution in [3.63, 3.8) is 0 Å². The lowest BCUT2D eigenvalue weighted by atomic mass is 9.99. The third-order valence-electron chi connectivity index (χ3n) is 5.34. The van der Waals surface area contributed by atoms with Gasteiger partial charge in [0, 0.05) is 44.6 Å². The van der Waals surface area contributed by atoms with Gasteiger partial charge in [0.25, 0.3) is 0 Å². The zero-order valence-corrected chi connectivity index (χ0v) is 15.2. The molecule has 2 aliphatic rings. The topological polar surface area (TPSA) is 59.9 Å². The molecule has 3 heterocycles. The maximum absolute atomic E-state index is 12.5. The largest absolute Gasteiger partial charge is 0.392 e. The highest BCUT2D eigenvalue weighted by molar-refractivity contribution is 5.78. The molecular formula is C19H30N4O2. The van der Waals surface area contributed by atoms with Gasteiger partial charge in [-0.3, -0.25) is 19.6 Å². The van der Waals surface area contributed by atoms with Gasteiger partial charge in [0.15, 0.2) is 0 Å². The summed E-state index contributed by atoms with van der Waals surface area (Å²) in [5.74, 6) is 0.212. The Hall–Kier alpha value is -1.50. The molecule has 0 aromatic carbocycles. The van der Waals surface area contributed by atoms with Crippen LogP contribution in [-0.4, -0.2) is 82.6 Å². The number of nitrogens with zero attached hydrogens (tertiary/aromatic N) is 4. The van der Waals surface area contributed by atoms with E-state index < -0.39 is 0 Å². The molecule has 1 aromatic heterocycles. The quantitative estimate of drug-likeness (QED) is 0.861. The molecule has 2 fully saturated rings. The molecule has 0 aliphatic carbocycles. The van der Waals surface area contributed by atoms with Gasteiger partial charge in [0.1, 0.15) is 0 Å². The van der Waals surface area contributed by atoms with Crippen LogP contribution in [0.4, 0.5) is 0 Å². The van der Waals surface area contributed by atoms with Crippen LogP contribution in [0.5, 0.6) is 0 Å². The van der Waals surface area contributed by atoms with E-state index in [0.717, 1.165) is 64.0 Å². The van der Waals surface area contributed by atoms with Gasteiger partial charge in [-0.2, -0.15) is 0 Å². The van der Waals surface area contributed by atoms with Crippen LogP contribution in [0.3, 0.4) is 0 Å². The van der Waals surface area contributed by atoms with Gasteiger partial charge in [-0.25, -0.2) is 0 Å². The molecule has 138 valence electrons. The Morgan fingerprint density at radius 2 is 2.12 bits per heavy atom. The number of likely N-dealkylation sites (N-methyl/N-ethyl adjacent to an activating group) is 1. The van der Waals surface area contributed by atoms with E-state index in [0.29, 0.717) is 12.6 Å². The van der Waals surface area contributed by atoms with Crippen LogP contribution < -0.4 is 0 Å². The summed E-state index contributed by atoms with van der Waals surface area (Å²) in [6, 6.07) is 4.48.